The molecule has 0 unspecified atom stereocenters. The van der Waals surface area contributed by atoms with Gasteiger partial charge in [-0.1, -0.05) is 18.2 Å². The van der Waals surface area contributed by atoms with Crippen LogP contribution in [0.4, 0.5) is 0 Å². The first-order chi connectivity index (χ1) is 9.17. The smallest absolute Gasteiger partial charge is 0.296 e. The van der Waals surface area contributed by atoms with E-state index in [1.807, 2.05) is 12.1 Å². The van der Waals surface area contributed by atoms with Crippen LogP contribution in [0.3, 0.4) is 0 Å². The van der Waals surface area contributed by atoms with Gasteiger partial charge in [-0.3, -0.25) is 9.36 Å². The monoisotopic (exact) mass is 255 g/mol. The van der Waals surface area contributed by atoms with Crippen molar-refractivity contribution >= 4 is 0 Å². The molecule has 0 spiro atoms. The fourth-order valence-electron chi connectivity index (χ4n) is 1.82. The predicted octanol–water partition coefficient (Wildman–Crippen LogP) is 1.48. The fourth-order valence-corrected chi connectivity index (χ4v) is 1.82. The molecule has 2 rings (SSSR count). The van der Waals surface area contributed by atoms with Crippen LogP contribution in [0.5, 0.6) is 5.75 Å². The summed E-state index contributed by atoms with van der Waals surface area (Å²) in [5.74, 6) is 0.776. The zero-order valence-electron chi connectivity index (χ0n) is 10.8. The average Bonchev–Trinajstić information content (AvgIpc) is 2.44. The van der Waals surface area contributed by atoms with Gasteiger partial charge in [-0.2, -0.15) is 5.26 Å². The minimum absolute atomic E-state index is 0.194. The molecule has 0 bridgehead atoms. The molecule has 0 aliphatic heterocycles. The maximum Gasteiger partial charge on any atom is 0.296 e. The molecule has 0 atom stereocenters. The van der Waals surface area contributed by atoms with Crippen LogP contribution < -0.4 is 10.3 Å². The molecule has 0 saturated heterocycles. The third-order valence-electron chi connectivity index (χ3n) is 2.90. The molecule has 0 radical (unpaired) electrons. The van der Waals surface area contributed by atoms with Gasteiger partial charge in [-0.25, -0.2) is 4.98 Å². The lowest BCUT2D eigenvalue weighted by molar-refractivity contribution is 0.399. The van der Waals surface area contributed by atoms with Crippen molar-refractivity contribution < 1.29 is 4.74 Å². The summed E-state index contributed by atoms with van der Waals surface area (Å²) in [5.41, 5.74) is 1.09. The maximum atomic E-state index is 12.1. The van der Waals surface area contributed by atoms with Crippen molar-refractivity contribution in [1.29, 1.82) is 5.26 Å². The highest BCUT2D eigenvalue weighted by atomic mass is 16.5. The summed E-state index contributed by atoms with van der Waals surface area (Å²) in [4.78, 5) is 16.3. The van der Waals surface area contributed by atoms with E-state index in [1.165, 1.54) is 17.9 Å². The molecule has 0 saturated carbocycles. The quantitative estimate of drug-likeness (QED) is 0.833. The Kier molecular flexibility index (Phi) is 3.62. The van der Waals surface area contributed by atoms with Gasteiger partial charge in [-0.15, -0.1) is 0 Å². The summed E-state index contributed by atoms with van der Waals surface area (Å²) < 4.78 is 6.47. The van der Waals surface area contributed by atoms with E-state index in [4.69, 9.17) is 10.00 Å². The Hall–Kier alpha value is -2.61. The molecule has 2 aromatic rings. The second-order valence-electron chi connectivity index (χ2n) is 4.03. The second-order valence-corrected chi connectivity index (χ2v) is 4.03. The molecule has 0 aliphatic rings. The molecular formula is C14H13N3O2. The Morgan fingerprint density at radius 3 is 2.84 bits per heavy atom. The Labute approximate surface area is 110 Å². The van der Waals surface area contributed by atoms with Crippen LogP contribution in [0.1, 0.15) is 17.0 Å². The summed E-state index contributed by atoms with van der Waals surface area (Å²) in [5, 5.41) is 9.06. The lowest BCUT2D eigenvalue weighted by atomic mass is 10.1. The molecule has 1 aromatic heterocycles. The van der Waals surface area contributed by atoms with Crippen LogP contribution in [0.15, 0.2) is 35.3 Å². The van der Waals surface area contributed by atoms with Crippen LogP contribution in [-0.4, -0.2) is 16.7 Å². The molecule has 19 heavy (non-hydrogen) atoms. The predicted molar refractivity (Wildman–Crippen MR) is 70.0 cm³/mol. The summed E-state index contributed by atoms with van der Waals surface area (Å²) in [6, 6.07) is 9.30. The number of methoxy groups -OCH3 is 1. The Balaban J connectivity index is 2.50. The van der Waals surface area contributed by atoms with Gasteiger partial charge in [0, 0.05) is 0 Å². The van der Waals surface area contributed by atoms with E-state index in [-0.39, 0.29) is 11.3 Å². The first kappa shape index (κ1) is 12.8. The third kappa shape index (κ3) is 2.47. The van der Waals surface area contributed by atoms with Crippen molar-refractivity contribution in [2.75, 3.05) is 7.11 Å². The van der Waals surface area contributed by atoms with E-state index in [9.17, 15) is 4.79 Å². The molecule has 5 nitrogen and oxygen atoms in total. The number of aryl methyl sites for hydroxylation is 1. The third-order valence-corrected chi connectivity index (χ3v) is 2.90. The number of aromatic nitrogens is 2. The molecule has 0 amide bonds. The first-order valence-corrected chi connectivity index (χ1v) is 5.75. The Morgan fingerprint density at radius 1 is 1.42 bits per heavy atom. The molecule has 96 valence electrons. The molecule has 0 N–H and O–H groups in total. The van der Waals surface area contributed by atoms with E-state index in [2.05, 4.69) is 11.1 Å². The SMILES string of the molecule is COc1cnc(C)n(Cc2ccccc2C#N)c1=O. The summed E-state index contributed by atoms with van der Waals surface area (Å²) in [6.45, 7) is 2.05. The van der Waals surface area contributed by atoms with Crippen LogP contribution in [0.2, 0.25) is 0 Å². The molecule has 1 aromatic carbocycles. The number of benzene rings is 1. The molecular weight excluding hydrogens is 242 g/mol. The van der Waals surface area contributed by atoms with Crippen LogP contribution in [-0.2, 0) is 6.54 Å². The molecule has 5 heteroatoms. The topological polar surface area (TPSA) is 67.9 Å². The standard InChI is InChI=1S/C14H13N3O2/c1-10-16-8-13(19-2)14(18)17(10)9-12-6-4-3-5-11(12)7-15/h3-6,8H,9H2,1-2H3. The first-order valence-electron chi connectivity index (χ1n) is 5.75. The van der Waals surface area contributed by atoms with Gasteiger partial charge in [-0.05, 0) is 18.6 Å². The van der Waals surface area contributed by atoms with Gasteiger partial charge in [0.25, 0.3) is 5.56 Å². The number of nitrogens with zero attached hydrogens (tertiary/aromatic N) is 3. The molecule has 0 aliphatic carbocycles. The highest BCUT2D eigenvalue weighted by Gasteiger charge is 2.10. The lowest BCUT2D eigenvalue weighted by Gasteiger charge is -2.11. The van der Waals surface area contributed by atoms with E-state index in [1.54, 1.807) is 19.1 Å². The molecule has 1 heterocycles. The van der Waals surface area contributed by atoms with Crippen LogP contribution >= 0.6 is 0 Å². The van der Waals surface area contributed by atoms with E-state index >= 15 is 0 Å². The van der Waals surface area contributed by atoms with Crippen molar-refractivity contribution in [2.24, 2.45) is 0 Å². The average molecular weight is 255 g/mol. The number of hydrogen-bond acceptors (Lipinski definition) is 4. The van der Waals surface area contributed by atoms with Crippen molar-refractivity contribution in [3.63, 3.8) is 0 Å². The summed E-state index contributed by atoms with van der Waals surface area (Å²) >= 11 is 0. The zero-order chi connectivity index (χ0) is 13.8. The number of nitriles is 1. The van der Waals surface area contributed by atoms with Gasteiger partial charge >= 0.3 is 0 Å². The number of hydrogen-bond donors (Lipinski definition) is 0. The van der Waals surface area contributed by atoms with Crippen LogP contribution in [0, 0.1) is 18.3 Å². The van der Waals surface area contributed by atoms with Gasteiger partial charge in [0.1, 0.15) is 5.82 Å². The van der Waals surface area contributed by atoms with Crippen molar-refractivity contribution in [3.8, 4) is 11.8 Å². The minimum Gasteiger partial charge on any atom is -0.490 e. The van der Waals surface area contributed by atoms with E-state index in [0.29, 0.717) is 17.9 Å². The zero-order valence-corrected chi connectivity index (χ0v) is 10.8. The number of rotatable bonds is 3. The Morgan fingerprint density at radius 2 is 2.16 bits per heavy atom. The van der Waals surface area contributed by atoms with Crippen LogP contribution in [0.25, 0.3) is 0 Å². The highest BCUT2D eigenvalue weighted by Crippen LogP contribution is 2.10. The van der Waals surface area contributed by atoms with Crippen molar-refractivity contribution in [1.82, 2.24) is 9.55 Å². The largest absolute Gasteiger partial charge is 0.490 e. The van der Waals surface area contributed by atoms with Gasteiger partial charge in [0.15, 0.2) is 0 Å². The minimum atomic E-state index is -0.247. The van der Waals surface area contributed by atoms with Crippen molar-refractivity contribution in [3.05, 3.63) is 57.8 Å². The van der Waals surface area contributed by atoms with Gasteiger partial charge < -0.3 is 4.74 Å². The molecule has 0 fully saturated rings. The van der Waals surface area contributed by atoms with E-state index in [0.717, 1.165) is 5.56 Å². The summed E-state index contributed by atoms with van der Waals surface area (Å²) in [7, 11) is 1.43. The second kappa shape index (κ2) is 5.36. The normalized spacial score (nSPS) is 9.95. The van der Waals surface area contributed by atoms with E-state index < -0.39 is 0 Å². The lowest BCUT2D eigenvalue weighted by Crippen LogP contribution is -2.25. The summed E-state index contributed by atoms with van der Waals surface area (Å²) in [6.07, 6.45) is 1.41. The maximum absolute atomic E-state index is 12.1. The highest BCUT2D eigenvalue weighted by molar-refractivity contribution is 5.37. The Bertz CT molecular complexity index is 699. The van der Waals surface area contributed by atoms with Gasteiger partial charge in [0.05, 0.1) is 31.5 Å². The number of ether oxygens (including phenoxy) is 1. The van der Waals surface area contributed by atoms with Gasteiger partial charge in [0.2, 0.25) is 5.75 Å². The fraction of sp³-hybridized carbons (Fsp3) is 0.214. The van der Waals surface area contributed by atoms with Crippen molar-refractivity contribution in [2.45, 2.75) is 13.5 Å².